The maximum atomic E-state index is 13.0. The van der Waals surface area contributed by atoms with Crippen molar-refractivity contribution in [3.05, 3.63) is 41.7 Å². The molecule has 0 saturated carbocycles. The predicted octanol–water partition coefficient (Wildman–Crippen LogP) is 3.09. The monoisotopic (exact) mass is 481 g/mol. The number of carbonyl (C=O) groups excluding carboxylic acids is 3. The van der Waals surface area contributed by atoms with E-state index in [1.165, 1.54) is 7.11 Å². The van der Waals surface area contributed by atoms with Crippen molar-refractivity contribution >= 4 is 28.7 Å². The Balaban J connectivity index is 1.85. The second-order valence-corrected chi connectivity index (χ2v) is 9.76. The SMILES string of the molecule is CNC(=O)c1n[nH]c2cc(-c3cnc(OC)c(C(=O)NCC(C)(C)C(=O)OC(C)(C)C)c3)ccc12. The number of esters is 1. The Morgan fingerprint density at radius 3 is 2.37 bits per heavy atom. The lowest BCUT2D eigenvalue weighted by Gasteiger charge is -2.28. The average molecular weight is 482 g/mol. The Morgan fingerprint density at radius 2 is 1.74 bits per heavy atom. The third-order valence-corrected chi connectivity index (χ3v) is 5.27. The van der Waals surface area contributed by atoms with E-state index in [2.05, 4.69) is 25.8 Å². The summed E-state index contributed by atoms with van der Waals surface area (Å²) in [7, 11) is 2.97. The van der Waals surface area contributed by atoms with Crippen molar-refractivity contribution in [2.75, 3.05) is 20.7 Å². The Labute approximate surface area is 203 Å². The highest BCUT2D eigenvalue weighted by Crippen LogP contribution is 2.28. The van der Waals surface area contributed by atoms with E-state index in [-0.39, 0.29) is 23.9 Å². The van der Waals surface area contributed by atoms with Crippen LogP contribution < -0.4 is 15.4 Å². The number of rotatable bonds is 7. The first kappa shape index (κ1) is 25.7. The zero-order valence-electron chi connectivity index (χ0n) is 21.0. The van der Waals surface area contributed by atoms with E-state index in [4.69, 9.17) is 9.47 Å². The van der Waals surface area contributed by atoms with Gasteiger partial charge >= 0.3 is 5.97 Å². The molecule has 0 fully saturated rings. The smallest absolute Gasteiger partial charge is 0.313 e. The summed E-state index contributed by atoms with van der Waals surface area (Å²) >= 11 is 0. The summed E-state index contributed by atoms with van der Waals surface area (Å²) in [5.74, 6) is -0.972. The summed E-state index contributed by atoms with van der Waals surface area (Å²) in [5, 5.41) is 13.0. The topological polar surface area (TPSA) is 135 Å². The summed E-state index contributed by atoms with van der Waals surface area (Å²) in [6, 6.07) is 7.09. The lowest BCUT2D eigenvalue weighted by molar-refractivity contribution is -0.165. The molecule has 0 spiro atoms. The zero-order chi connectivity index (χ0) is 26.0. The van der Waals surface area contributed by atoms with E-state index in [0.29, 0.717) is 22.2 Å². The Hall–Kier alpha value is -3.95. The highest BCUT2D eigenvalue weighted by atomic mass is 16.6. The van der Waals surface area contributed by atoms with Gasteiger partial charge in [-0.1, -0.05) is 6.07 Å². The van der Waals surface area contributed by atoms with Crippen LogP contribution in [-0.4, -0.2) is 59.3 Å². The molecule has 0 atom stereocenters. The number of nitrogens with zero attached hydrogens (tertiary/aromatic N) is 2. The number of hydrogen-bond acceptors (Lipinski definition) is 7. The van der Waals surface area contributed by atoms with E-state index in [9.17, 15) is 14.4 Å². The first-order valence-corrected chi connectivity index (χ1v) is 11.1. The van der Waals surface area contributed by atoms with E-state index in [1.807, 2.05) is 12.1 Å². The summed E-state index contributed by atoms with van der Waals surface area (Å²) < 4.78 is 10.8. The lowest BCUT2D eigenvalue weighted by atomic mass is 9.93. The number of ether oxygens (including phenoxy) is 2. The van der Waals surface area contributed by atoms with Crippen molar-refractivity contribution in [3.63, 3.8) is 0 Å². The van der Waals surface area contributed by atoms with Gasteiger partial charge in [-0.05, 0) is 58.4 Å². The fourth-order valence-corrected chi connectivity index (χ4v) is 3.31. The fraction of sp³-hybridized carbons (Fsp3) is 0.400. The van der Waals surface area contributed by atoms with Crippen LogP contribution in [0.1, 0.15) is 55.5 Å². The molecule has 3 rings (SSSR count). The van der Waals surface area contributed by atoms with Gasteiger partial charge in [0.05, 0.1) is 18.0 Å². The number of pyridine rings is 1. The first-order chi connectivity index (χ1) is 16.4. The summed E-state index contributed by atoms with van der Waals surface area (Å²) in [6.07, 6.45) is 1.59. The summed E-state index contributed by atoms with van der Waals surface area (Å²) in [4.78, 5) is 41.8. The number of carbonyl (C=O) groups is 3. The molecule has 0 aliphatic carbocycles. The van der Waals surface area contributed by atoms with E-state index >= 15 is 0 Å². The van der Waals surface area contributed by atoms with Gasteiger partial charge in [0.2, 0.25) is 5.88 Å². The number of methoxy groups -OCH3 is 1. The number of H-pyrrole nitrogens is 1. The maximum absolute atomic E-state index is 13.0. The van der Waals surface area contributed by atoms with Crippen LogP contribution in [0.25, 0.3) is 22.0 Å². The van der Waals surface area contributed by atoms with Crippen molar-refractivity contribution in [1.82, 2.24) is 25.8 Å². The van der Waals surface area contributed by atoms with Crippen LogP contribution in [0.2, 0.25) is 0 Å². The van der Waals surface area contributed by atoms with Crippen molar-refractivity contribution in [3.8, 4) is 17.0 Å². The minimum absolute atomic E-state index is 0.0660. The highest BCUT2D eigenvalue weighted by molar-refractivity contribution is 6.05. The molecule has 0 bridgehead atoms. The Kier molecular flexibility index (Phi) is 7.14. The van der Waals surface area contributed by atoms with Gasteiger partial charge in [0.1, 0.15) is 11.2 Å². The number of aromatic nitrogens is 3. The molecule has 0 unspecified atom stereocenters. The predicted molar refractivity (Wildman–Crippen MR) is 131 cm³/mol. The first-order valence-electron chi connectivity index (χ1n) is 11.1. The van der Waals surface area contributed by atoms with Gasteiger partial charge in [-0.2, -0.15) is 5.10 Å². The van der Waals surface area contributed by atoms with E-state index in [0.717, 1.165) is 5.56 Å². The van der Waals surface area contributed by atoms with Crippen LogP contribution >= 0.6 is 0 Å². The number of nitrogens with one attached hydrogen (secondary N) is 3. The van der Waals surface area contributed by atoms with Crippen LogP contribution in [0.4, 0.5) is 0 Å². The highest BCUT2D eigenvalue weighted by Gasteiger charge is 2.33. The molecule has 0 aliphatic rings. The van der Waals surface area contributed by atoms with Crippen LogP contribution in [0.5, 0.6) is 5.88 Å². The lowest BCUT2D eigenvalue weighted by Crippen LogP contribution is -2.42. The Bertz CT molecular complexity index is 1270. The molecule has 2 heterocycles. The van der Waals surface area contributed by atoms with Crippen molar-refractivity contribution in [1.29, 1.82) is 0 Å². The summed E-state index contributed by atoms with van der Waals surface area (Å²) in [6.45, 7) is 8.86. The number of amides is 2. The van der Waals surface area contributed by atoms with Gasteiger partial charge in [-0.15, -0.1) is 0 Å². The molecule has 10 heteroatoms. The number of hydrogen-bond donors (Lipinski definition) is 3. The third-order valence-electron chi connectivity index (χ3n) is 5.27. The van der Waals surface area contributed by atoms with Crippen LogP contribution in [0, 0.1) is 5.41 Å². The van der Waals surface area contributed by atoms with Gasteiger partial charge in [0.25, 0.3) is 11.8 Å². The maximum Gasteiger partial charge on any atom is 0.313 e. The molecule has 186 valence electrons. The largest absolute Gasteiger partial charge is 0.480 e. The molecule has 10 nitrogen and oxygen atoms in total. The number of aromatic amines is 1. The van der Waals surface area contributed by atoms with Crippen molar-refractivity contribution in [2.24, 2.45) is 5.41 Å². The minimum atomic E-state index is -0.935. The van der Waals surface area contributed by atoms with Crippen LogP contribution in [-0.2, 0) is 9.53 Å². The number of fused-ring (bicyclic) bond motifs is 1. The van der Waals surface area contributed by atoms with Crippen molar-refractivity contribution in [2.45, 2.75) is 40.2 Å². The Morgan fingerprint density at radius 1 is 1.03 bits per heavy atom. The van der Waals surface area contributed by atoms with Gasteiger partial charge in [0, 0.05) is 30.7 Å². The molecule has 1 aromatic carbocycles. The van der Waals surface area contributed by atoms with Crippen molar-refractivity contribution < 1.29 is 23.9 Å². The standard InChI is InChI=1S/C25H31N5O5/c1-24(2,3)35-23(33)25(4,5)13-28-20(31)17-10-15(12-27-22(17)34-7)14-8-9-16-18(11-14)29-30-19(16)21(32)26-6/h8-12H,13H2,1-7H3,(H,26,32)(H,28,31)(H,29,30). The zero-order valence-corrected chi connectivity index (χ0v) is 21.0. The van der Waals surface area contributed by atoms with Gasteiger partial charge < -0.3 is 20.1 Å². The van der Waals surface area contributed by atoms with Gasteiger partial charge in [-0.3, -0.25) is 19.5 Å². The van der Waals surface area contributed by atoms with E-state index in [1.54, 1.807) is 60.0 Å². The molecule has 0 aliphatic heterocycles. The van der Waals surface area contributed by atoms with Crippen LogP contribution in [0.15, 0.2) is 30.5 Å². The second-order valence-electron chi connectivity index (χ2n) is 9.76. The summed E-state index contributed by atoms with van der Waals surface area (Å²) in [5.41, 5.74) is 1.06. The molecule has 2 aromatic heterocycles. The molecule has 0 saturated heterocycles. The van der Waals surface area contributed by atoms with E-state index < -0.39 is 22.9 Å². The minimum Gasteiger partial charge on any atom is -0.480 e. The molecule has 2 amide bonds. The van der Waals surface area contributed by atoms with Crippen LogP contribution in [0.3, 0.4) is 0 Å². The quantitative estimate of drug-likeness (QED) is 0.441. The third kappa shape index (κ3) is 5.76. The second kappa shape index (κ2) is 9.73. The van der Waals surface area contributed by atoms with Gasteiger partial charge in [0.15, 0.2) is 5.69 Å². The number of benzene rings is 1. The molecular weight excluding hydrogens is 450 g/mol. The average Bonchev–Trinajstić information content (AvgIpc) is 3.23. The normalized spacial score (nSPS) is 11.7. The fourth-order valence-electron chi connectivity index (χ4n) is 3.31. The molecular formula is C25H31N5O5. The molecule has 3 N–H and O–H groups in total. The molecule has 3 aromatic rings. The molecule has 0 radical (unpaired) electrons. The van der Waals surface area contributed by atoms with Gasteiger partial charge in [-0.25, -0.2) is 4.98 Å². The molecule has 35 heavy (non-hydrogen) atoms.